The van der Waals surface area contributed by atoms with E-state index in [2.05, 4.69) is 16.8 Å². The van der Waals surface area contributed by atoms with Crippen molar-refractivity contribution in [3.05, 3.63) is 52.0 Å². The summed E-state index contributed by atoms with van der Waals surface area (Å²) in [5.41, 5.74) is 5.93. The number of aromatic nitrogens is 1. The zero-order valence-corrected chi connectivity index (χ0v) is 11.1. The number of thiazole rings is 1. The molecule has 6 heteroatoms. The molecule has 20 heavy (non-hydrogen) atoms. The van der Waals surface area contributed by atoms with Gasteiger partial charge in [-0.2, -0.15) is 0 Å². The Hall–Kier alpha value is -2.65. The zero-order chi connectivity index (χ0) is 14.5. The largest absolute Gasteiger partial charge is 0.476 e. The summed E-state index contributed by atoms with van der Waals surface area (Å²) in [4.78, 5) is 26.1. The average molecular weight is 286 g/mol. The van der Waals surface area contributed by atoms with Crippen LogP contribution >= 0.6 is 11.3 Å². The van der Waals surface area contributed by atoms with E-state index in [9.17, 15) is 9.59 Å². The van der Waals surface area contributed by atoms with Crippen molar-refractivity contribution in [3.63, 3.8) is 0 Å². The number of aromatic carboxylic acids is 1. The van der Waals surface area contributed by atoms with Crippen LogP contribution in [0.25, 0.3) is 0 Å². The number of rotatable bonds is 3. The van der Waals surface area contributed by atoms with Gasteiger partial charge in [-0.05, 0) is 12.1 Å². The zero-order valence-electron chi connectivity index (χ0n) is 10.2. The molecule has 1 heterocycles. The van der Waals surface area contributed by atoms with Gasteiger partial charge in [0.15, 0.2) is 11.6 Å². The third kappa shape index (κ3) is 3.22. The van der Waals surface area contributed by atoms with Crippen molar-refractivity contribution in [2.24, 2.45) is 5.73 Å². The standard InChI is InChI=1S/C14H10N2O3S/c15-12(17)10(7-6-9-4-2-1-3-5-9)13-16-11(8-20-13)14(18)19/h1-5,8,10H,(H2,15,17)(H,18,19). The molecule has 100 valence electrons. The second-order valence-electron chi connectivity index (χ2n) is 3.85. The molecule has 2 aromatic rings. The van der Waals surface area contributed by atoms with Crippen molar-refractivity contribution < 1.29 is 14.7 Å². The normalized spacial score (nSPS) is 11.2. The minimum atomic E-state index is -1.15. The lowest BCUT2D eigenvalue weighted by atomic mass is 10.1. The molecule has 1 unspecified atom stereocenters. The second-order valence-corrected chi connectivity index (χ2v) is 4.74. The molecule has 0 fully saturated rings. The molecule has 3 N–H and O–H groups in total. The third-order valence-electron chi connectivity index (χ3n) is 2.41. The number of amides is 1. The third-order valence-corrected chi connectivity index (χ3v) is 3.32. The molecule has 0 saturated heterocycles. The van der Waals surface area contributed by atoms with Gasteiger partial charge in [-0.15, -0.1) is 11.3 Å². The highest BCUT2D eigenvalue weighted by Gasteiger charge is 2.20. The lowest BCUT2D eigenvalue weighted by Gasteiger charge is -2.01. The van der Waals surface area contributed by atoms with Crippen molar-refractivity contribution in [3.8, 4) is 11.8 Å². The number of benzene rings is 1. The van der Waals surface area contributed by atoms with E-state index in [1.54, 1.807) is 12.1 Å². The van der Waals surface area contributed by atoms with Crippen LogP contribution in [-0.2, 0) is 4.79 Å². The number of carboxylic acids is 1. The highest BCUT2D eigenvalue weighted by molar-refractivity contribution is 7.10. The number of hydrogen-bond acceptors (Lipinski definition) is 4. The summed E-state index contributed by atoms with van der Waals surface area (Å²) in [6.45, 7) is 0. The van der Waals surface area contributed by atoms with Crippen molar-refractivity contribution in [1.82, 2.24) is 4.98 Å². The van der Waals surface area contributed by atoms with Crippen LogP contribution in [-0.4, -0.2) is 22.0 Å². The lowest BCUT2D eigenvalue weighted by molar-refractivity contribution is -0.118. The Labute approximate surface area is 119 Å². The van der Waals surface area contributed by atoms with Crippen molar-refractivity contribution in [2.75, 3.05) is 0 Å². The van der Waals surface area contributed by atoms with Crippen molar-refractivity contribution in [1.29, 1.82) is 0 Å². The molecule has 1 aromatic heterocycles. The molecule has 0 saturated carbocycles. The summed E-state index contributed by atoms with van der Waals surface area (Å²) >= 11 is 1.05. The molecular formula is C14H10N2O3S. The van der Waals surface area contributed by atoms with Gasteiger partial charge in [-0.25, -0.2) is 9.78 Å². The molecule has 0 bridgehead atoms. The molecule has 0 aliphatic carbocycles. The molecule has 1 amide bonds. The molecular weight excluding hydrogens is 276 g/mol. The van der Waals surface area contributed by atoms with Crippen LogP contribution in [0.3, 0.4) is 0 Å². The fourth-order valence-electron chi connectivity index (χ4n) is 1.45. The fourth-order valence-corrected chi connectivity index (χ4v) is 2.30. The van der Waals surface area contributed by atoms with E-state index in [0.717, 1.165) is 16.9 Å². The van der Waals surface area contributed by atoms with E-state index in [1.165, 1.54) is 5.38 Å². The maximum absolute atomic E-state index is 11.4. The highest BCUT2D eigenvalue weighted by atomic mass is 32.1. The molecule has 0 radical (unpaired) electrons. The maximum atomic E-state index is 11.4. The van der Waals surface area contributed by atoms with Gasteiger partial charge in [0.1, 0.15) is 5.01 Å². The van der Waals surface area contributed by atoms with Gasteiger partial charge < -0.3 is 10.8 Å². The second kappa shape index (κ2) is 5.99. The molecule has 5 nitrogen and oxygen atoms in total. The van der Waals surface area contributed by atoms with Crippen LogP contribution in [0.5, 0.6) is 0 Å². The Morgan fingerprint density at radius 2 is 2.00 bits per heavy atom. The minimum Gasteiger partial charge on any atom is -0.476 e. The first-order valence-electron chi connectivity index (χ1n) is 5.62. The summed E-state index contributed by atoms with van der Waals surface area (Å²) < 4.78 is 0. The first kappa shape index (κ1) is 13.8. The summed E-state index contributed by atoms with van der Waals surface area (Å²) in [5, 5.41) is 10.5. The molecule has 1 aromatic carbocycles. The number of nitrogens with two attached hydrogens (primary N) is 1. The molecule has 2 rings (SSSR count). The predicted molar refractivity (Wildman–Crippen MR) is 74.3 cm³/mol. The van der Waals surface area contributed by atoms with Gasteiger partial charge in [0.2, 0.25) is 5.91 Å². The molecule has 0 spiro atoms. The van der Waals surface area contributed by atoms with Crippen LogP contribution < -0.4 is 5.73 Å². The van der Waals surface area contributed by atoms with Crippen LogP contribution in [0.15, 0.2) is 35.7 Å². The Morgan fingerprint density at radius 1 is 1.30 bits per heavy atom. The summed E-state index contributed by atoms with van der Waals surface area (Å²) in [7, 11) is 0. The van der Waals surface area contributed by atoms with Crippen molar-refractivity contribution >= 4 is 23.2 Å². The Morgan fingerprint density at radius 3 is 2.55 bits per heavy atom. The monoisotopic (exact) mass is 286 g/mol. The SMILES string of the molecule is NC(=O)C(C#Cc1ccccc1)c1nc(C(=O)O)cs1. The molecule has 0 aliphatic rings. The predicted octanol–water partition coefficient (Wildman–Crippen LogP) is 1.46. The highest BCUT2D eigenvalue weighted by Crippen LogP contribution is 2.20. The van der Waals surface area contributed by atoms with Gasteiger partial charge in [0.25, 0.3) is 0 Å². The fraction of sp³-hybridized carbons (Fsp3) is 0.0714. The molecule has 1 atom stereocenters. The van der Waals surface area contributed by atoms with E-state index in [-0.39, 0.29) is 5.69 Å². The van der Waals surface area contributed by atoms with E-state index in [1.807, 2.05) is 18.2 Å². The van der Waals surface area contributed by atoms with E-state index in [4.69, 9.17) is 10.8 Å². The van der Waals surface area contributed by atoms with Crippen LogP contribution in [0, 0.1) is 11.8 Å². The van der Waals surface area contributed by atoms with E-state index in [0.29, 0.717) is 5.01 Å². The van der Waals surface area contributed by atoms with E-state index < -0.39 is 17.8 Å². The number of carboxylic acid groups (broad SMARTS) is 1. The minimum absolute atomic E-state index is 0.113. The lowest BCUT2D eigenvalue weighted by Crippen LogP contribution is -2.20. The summed E-state index contributed by atoms with van der Waals surface area (Å²) in [6, 6.07) is 9.12. The first-order chi connectivity index (χ1) is 9.58. The Bertz CT molecular complexity index is 698. The quantitative estimate of drug-likeness (QED) is 0.835. The topological polar surface area (TPSA) is 93.3 Å². The summed E-state index contributed by atoms with van der Waals surface area (Å²) in [5.74, 6) is 2.86. The smallest absolute Gasteiger partial charge is 0.355 e. The van der Waals surface area contributed by atoms with Gasteiger partial charge in [0, 0.05) is 10.9 Å². The number of primary amides is 1. The summed E-state index contributed by atoms with van der Waals surface area (Å²) in [6.07, 6.45) is 0. The molecule has 0 aliphatic heterocycles. The van der Waals surface area contributed by atoms with Crippen molar-refractivity contribution in [2.45, 2.75) is 5.92 Å². The van der Waals surface area contributed by atoms with Crippen LogP contribution in [0.4, 0.5) is 0 Å². The number of carbonyl (C=O) groups is 2. The number of hydrogen-bond donors (Lipinski definition) is 2. The van der Waals surface area contributed by atoms with Gasteiger partial charge in [-0.1, -0.05) is 30.0 Å². The maximum Gasteiger partial charge on any atom is 0.355 e. The first-order valence-corrected chi connectivity index (χ1v) is 6.50. The average Bonchev–Trinajstić information content (AvgIpc) is 2.89. The number of nitrogens with zero attached hydrogens (tertiary/aromatic N) is 1. The van der Waals surface area contributed by atoms with Gasteiger partial charge in [-0.3, -0.25) is 4.79 Å². The number of carbonyl (C=O) groups excluding carboxylic acids is 1. The Kier molecular flexibility index (Phi) is 4.13. The van der Waals surface area contributed by atoms with Gasteiger partial charge in [0.05, 0.1) is 0 Å². The van der Waals surface area contributed by atoms with Crippen LogP contribution in [0.1, 0.15) is 27.0 Å². The van der Waals surface area contributed by atoms with E-state index >= 15 is 0 Å². The van der Waals surface area contributed by atoms with Crippen LogP contribution in [0.2, 0.25) is 0 Å². The van der Waals surface area contributed by atoms with Gasteiger partial charge >= 0.3 is 5.97 Å². The Balaban J connectivity index is 2.30.